The number of hydrogen-bond donors (Lipinski definition) is 2. The molecule has 25 heavy (non-hydrogen) atoms. The van der Waals surface area contributed by atoms with E-state index in [2.05, 4.69) is 41.4 Å². The van der Waals surface area contributed by atoms with Crippen LogP contribution in [0.3, 0.4) is 0 Å². The lowest BCUT2D eigenvalue weighted by Crippen LogP contribution is -2.17. The summed E-state index contributed by atoms with van der Waals surface area (Å²) in [5.74, 6) is 0.615. The van der Waals surface area contributed by atoms with Crippen molar-refractivity contribution in [2.75, 3.05) is 17.2 Å². The van der Waals surface area contributed by atoms with Crippen molar-refractivity contribution in [3.8, 4) is 0 Å². The molecule has 0 radical (unpaired) electrons. The summed E-state index contributed by atoms with van der Waals surface area (Å²) in [4.78, 5) is 21.2. The van der Waals surface area contributed by atoms with Gasteiger partial charge in [0.2, 0.25) is 5.95 Å². The zero-order chi connectivity index (χ0) is 18.2. The molecule has 2 rings (SSSR count). The number of carbonyl (C=O) groups is 1. The number of rotatable bonds is 8. The van der Waals surface area contributed by atoms with Crippen molar-refractivity contribution in [3.05, 3.63) is 47.3 Å². The summed E-state index contributed by atoms with van der Waals surface area (Å²) in [6.45, 7) is 9.22. The van der Waals surface area contributed by atoms with Crippen LogP contribution < -0.4 is 10.6 Å². The first-order valence-corrected chi connectivity index (χ1v) is 9.00. The Morgan fingerprint density at radius 3 is 2.72 bits per heavy atom. The molecule has 1 heterocycles. The fourth-order valence-corrected chi connectivity index (χ4v) is 2.67. The molecule has 0 atom stereocenters. The number of unbranched alkanes of at least 4 members (excludes halogenated alkanes) is 2. The SMILES string of the molecule is CCCCCNc1nccc(C(=O)Nc2c(C)cccc2C(C)C)n1. The van der Waals surface area contributed by atoms with Crippen LogP contribution in [0.25, 0.3) is 0 Å². The Bertz CT molecular complexity index is 713. The summed E-state index contributed by atoms with van der Waals surface area (Å²) >= 11 is 0. The van der Waals surface area contributed by atoms with E-state index in [1.54, 1.807) is 12.3 Å². The van der Waals surface area contributed by atoms with E-state index in [1.807, 2.05) is 25.1 Å². The smallest absolute Gasteiger partial charge is 0.274 e. The van der Waals surface area contributed by atoms with E-state index in [-0.39, 0.29) is 5.91 Å². The molecule has 0 aliphatic heterocycles. The normalized spacial score (nSPS) is 10.8. The zero-order valence-corrected chi connectivity index (χ0v) is 15.6. The largest absolute Gasteiger partial charge is 0.354 e. The molecule has 2 N–H and O–H groups in total. The molecule has 5 nitrogen and oxygen atoms in total. The molecule has 0 aliphatic carbocycles. The third kappa shape index (κ3) is 5.28. The molecule has 0 bridgehead atoms. The topological polar surface area (TPSA) is 66.9 Å². The first kappa shape index (κ1) is 18.9. The van der Waals surface area contributed by atoms with Gasteiger partial charge in [0.1, 0.15) is 5.69 Å². The Balaban J connectivity index is 2.11. The molecule has 1 aromatic heterocycles. The number of para-hydroxylation sites is 1. The molecule has 1 amide bonds. The fraction of sp³-hybridized carbons (Fsp3) is 0.450. The van der Waals surface area contributed by atoms with Gasteiger partial charge in [0.05, 0.1) is 0 Å². The second-order valence-electron chi connectivity index (χ2n) is 6.55. The van der Waals surface area contributed by atoms with Gasteiger partial charge in [0, 0.05) is 18.4 Å². The average molecular weight is 340 g/mol. The van der Waals surface area contributed by atoms with Gasteiger partial charge in [0.15, 0.2) is 0 Å². The number of nitrogens with one attached hydrogen (secondary N) is 2. The summed E-state index contributed by atoms with van der Waals surface area (Å²) in [5, 5.41) is 6.20. The fourth-order valence-electron chi connectivity index (χ4n) is 2.67. The summed E-state index contributed by atoms with van der Waals surface area (Å²) in [5.41, 5.74) is 3.41. The molecule has 1 aromatic carbocycles. The van der Waals surface area contributed by atoms with Gasteiger partial charge in [-0.2, -0.15) is 0 Å². The average Bonchev–Trinajstić information content (AvgIpc) is 2.60. The molecule has 0 saturated heterocycles. The standard InChI is InChI=1S/C20H28N4O/c1-5-6-7-12-21-20-22-13-11-17(23-20)19(25)24-18-15(4)9-8-10-16(18)14(2)3/h8-11,13-14H,5-7,12H2,1-4H3,(H,24,25)(H,21,22,23). The van der Waals surface area contributed by atoms with Crippen LogP contribution in [0.1, 0.15) is 67.6 Å². The van der Waals surface area contributed by atoms with Gasteiger partial charge in [-0.25, -0.2) is 9.97 Å². The summed E-state index contributed by atoms with van der Waals surface area (Å²) < 4.78 is 0. The van der Waals surface area contributed by atoms with Gasteiger partial charge in [0.25, 0.3) is 5.91 Å². The van der Waals surface area contributed by atoms with Crippen LogP contribution in [0.4, 0.5) is 11.6 Å². The Morgan fingerprint density at radius 1 is 1.20 bits per heavy atom. The Kier molecular flexibility index (Phi) is 6.92. The Labute approximate surface area is 150 Å². The summed E-state index contributed by atoms with van der Waals surface area (Å²) in [7, 11) is 0. The molecular formula is C20H28N4O. The number of anilines is 2. The van der Waals surface area contributed by atoms with E-state index in [9.17, 15) is 4.79 Å². The maximum atomic E-state index is 12.6. The zero-order valence-electron chi connectivity index (χ0n) is 15.6. The van der Waals surface area contributed by atoms with E-state index < -0.39 is 0 Å². The van der Waals surface area contributed by atoms with Crippen molar-refractivity contribution >= 4 is 17.5 Å². The predicted molar refractivity (Wildman–Crippen MR) is 103 cm³/mol. The van der Waals surface area contributed by atoms with Gasteiger partial charge >= 0.3 is 0 Å². The van der Waals surface area contributed by atoms with Crippen LogP contribution in [0, 0.1) is 6.92 Å². The van der Waals surface area contributed by atoms with Crippen molar-refractivity contribution < 1.29 is 4.79 Å². The van der Waals surface area contributed by atoms with E-state index in [0.29, 0.717) is 17.6 Å². The maximum absolute atomic E-state index is 12.6. The monoisotopic (exact) mass is 340 g/mol. The van der Waals surface area contributed by atoms with Gasteiger partial charge in [-0.3, -0.25) is 4.79 Å². The lowest BCUT2D eigenvalue weighted by molar-refractivity contribution is 0.102. The van der Waals surface area contributed by atoms with Gasteiger partial charge in [-0.15, -0.1) is 0 Å². The molecule has 0 saturated carbocycles. The van der Waals surface area contributed by atoms with Crippen molar-refractivity contribution in [2.45, 2.75) is 52.9 Å². The van der Waals surface area contributed by atoms with E-state index in [4.69, 9.17) is 0 Å². The summed E-state index contributed by atoms with van der Waals surface area (Å²) in [6.07, 6.45) is 5.01. The minimum atomic E-state index is -0.213. The highest BCUT2D eigenvalue weighted by Crippen LogP contribution is 2.27. The van der Waals surface area contributed by atoms with Crippen molar-refractivity contribution in [1.29, 1.82) is 0 Å². The van der Waals surface area contributed by atoms with Gasteiger partial charge in [-0.1, -0.05) is 51.8 Å². The molecule has 2 aromatic rings. The van der Waals surface area contributed by atoms with Gasteiger partial charge < -0.3 is 10.6 Å². The molecule has 0 aliphatic rings. The third-order valence-corrected chi connectivity index (χ3v) is 4.12. The van der Waals surface area contributed by atoms with Crippen molar-refractivity contribution in [2.24, 2.45) is 0 Å². The highest BCUT2D eigenvalue weighted by Gasteiger charge is 2.14. The second kappa shape index (κ2) is 9.16. The van der Waals surface area contributed by atoms with Crippen LogP contribution in [0.5, 0.6) is 0 Å². The molecule has 0 spiro atoms. The number of aryl methyl sites for hydroxylation is 1. The minimum absolute atomic E-state index is 0.213. The van der Waals surface area contributed by atoms with Gasteiger partial charge in [-0.05, 0) is 36.5 Å². The van der Waals surface area contributed by atoms with Crippen LogP contribution >= 0.6 is 0 Å². The second-order valence-corrected chi connectivity index (χ2v) is 6.55. The highest BCUT2D eigenvalue weighted by atomic mass is 16.1. The summed E-state index contributed by atoms with van der Waals surface area (Å²) in [6, 6.07) is 7.71. The number of benzene rings is 1. The number of carbonyl (C=O) groups excluding carboxylic acids is 1. The van der Waals surface area contributed by atoms with E-state index >= 15 is 0 Å². The van der Waals surface area contributed by atoms with Crippen molar-refractivity contribution in [3.63, 3.8) is 0 Å². The number of hydrogen-bond acceptors (Lipinski definition) is 4. The molecular weight excluding hydrogens is 312 g/mol. The Morgan fingerprint density at radius 2 is 2.00 bits per heavy atom. The minimum Gasteiger partial charge on any atom is -0.354 e. The first-order chi connectivity index (χ1) is 12.0. The maximum Gasteiger partial charge on any atom is 0.274 e. The number of amides is 1. The lowest BCUT2D eigenvalue weighted by atomic mass is 9.98. The van der Waals surface area contributed by atoms with Crippen LogP contribution in [0.2, 0.25) is 0 Å². The van der Waals surface area contributed by atoms with Crippen LogP contribution in [-0.4, -0.2) is 22.4 Å². The first-order valence-electron chi connectivity index (χ1n) is 9.00. The third-order valence-electron chi connectivity index (χ3n) is 4.12. The molecule has 5 heteroatoms. The Hall–Kier alpha value is -2.43. The van der Waals surface area contributed by atoms with Crippen LogP contribution in [-0.2, 0) is 0 Å². The highest BCUT2D eigenvalue weighted by molar-refractivity contribution is 6.03. The number of nitrogens with zero attached hydrogens (tertiary/aromatic N) is 2. The van der Waals surface area contributed by atoms with Crippen molar-refractivity contribution in [1.82, 2.24) is 9.97 Å². The predicted octanol–water partition coefficient (Wildman–Crippen LogP) is 4.76. The molecule has 0 unspecified atom stereocenters. The van der Waals surface area contributed by atoms with E-state index in [0.717, 1.165) is 29.8 Å². The van der Waals surface area contributed by atoms with E-state index in [1.165, 1.54) is 12.8 Å². The molecule has 0 fully saturated rings. The quantitative estimate of drug-likeness (QED) is 0.680. The lowest BCUT2D eigenvalue weighted by Gasteiger charge is -2.16. The molecule has 134 valence electrons. The van der Waals surface area contributed by atoms with Crippen LogP contribution in [0.15, 0.2) is 30.5 Å². The number of aromatic nitrogens is 2.